The highest BCUT2D eigenvalue weighted by molar-refractivity contribution is 6.13. The number of nitrogen functional groups attached to an aromatic ring is 1. The predicted octanol–water partition coefficient (Wildman–Crippen LogP) is 2.59. The Labute approximate surface area is 162 Å². The minimum absolute atomic E-state index is 0. The van der Waals surface area contributed by atoms with E-state index in [1.165, 1.54) is 0 Å². The Balaban J connectivity index is 0.00000280. The molecule has 1 fully saturated rings. The first-order chi connectivity index (χ1) is 12.9. The van der Waals surface area contributed by atoms with E-state index in [0.29, 0.717) is 17.0 Å². The van der Waals surface area contributed by atoms with E-state index < -0.39 is 0 Å². The Bertz CT molecular complexity index is 811. The number of ether oxygens (including phenoxy) is 1. The van der Waals surface area contributed by atoms with Crippen LogP contribution >= 0.6 is 0 Å². The van der Waals surface area contributed by atoms with E-state index in [0.717, 1.165) is 50.0 Å². The quantitative estimate of drug-likeness (QED) is 0.601. The molecule has 148 valence electrons. The maximum atomic E-state index is 8.70. The van der Waals surface area contributed by atoms with Gasteiger partial charge in [0.15, 0.2) is 5.82 Å². The summed E-state index contributed by atoms with van der Waals surface area (Å²) in [6.45, 7) is 11.2. The molecule has 0 radical (unpaired) electrons. The zero-order valence-electron chi connectivity index (χ0n) is 16.7. The molecule has 0 saturated carbocycles. The molecule has 0 aliphatic carbocycles. The SMILES string of the molecule is CCN1CCN(c2cc(C(=N)c3cc(OC(C)C)ccc3N)n(C)n2)CC1.[HH]. The average Bonchev–Trinajstić information content (AvgIpc) is 3.04. The molecule has 2 aromatic rings. The van der Waals surface area contributed by atoms with E-state index in [1.54, 1.807) is 10.7 Å². The summed E-state index contributed by atoms with van der Waals surface area (Å²) >= 11 is 0. The van der Waals surface area contributed by atoms with Crippen molar-refractivity contribution in [1.82, 2.24) is 14.7 Å². The van der Waals surface area contributed by atoms with Gasteiger partial charge in [-0.3, -0.25) is 10.1 Å². The highest BCUT2D eigenvalue weighted by Gasteiger charge is 2.21. The summed E-state index contributed by atoms with van der Waals surface area (Å²) in [5, 5.41) is 13.3. The van der Waals surface area contributed by atoms with Gasteiger partial charge in [0.1, 0.15) is 5.75 Å². The van der Waals surface area contributed by atoms with Crippen LogP contribution in [-0.4, -0.2) is 59.2 Å². The molecule has 0 bridgehead atoms. The summed E-state index contributed by atoms with van der Waals surface area (Å²) in [5.74, 6) is 1.64. The molecular weight excluding hydrogens is 340 g/mol. The summed E-state index contributed by atoms with van der Waals surface area (Å²) in [7, 11) is 1.88. The molecule has 0 atom stereocenters. The molecule has 1 aliphatic heterocycles. The number of hydrogen-bond donors (Lipinski definition) is 2. The Hall–Kier alpha value is -2.54. The summed E-state index contributed by atoms with van der Waals surface area (Å²) in [6, 6.07) is 7.46. The van der Waals surface area contributed by atoms with Crippen LogP contribution in [0, 0.1) is 5.41 Å². The molecule has 1 saturated heterocycles. The number of hydrogen-bond acceptors (Lipinski definition) is 6. The lowest BCUT2D eigenvalue weighted by Crippen LogP contribution is -2.46. The topological polar surface area (TPSA) is 83.4 Å². The first-order valence-corrected chi connectivity index (χ1v) is 9.55. The van der Waals surface area contributed by atoms with Gasteiger partial charge in [0.25, 0.3) is 0 Å². The number of benzene rings is 1. The Kier molecular flexibility index (Phi) is 5.70. The Morgan fingerprint density at radius 3 is 2.59 bits per heavy atom. The number of nitrogens with one attached hydrogen (secondary N) is 1. The van der Waals surface area contributed by atoms with Gasteiger partial charge in [0.05, 0.1) is 17.5 Å². The zero-order valence-corrected chi connectivity index (χ0v) is 16.7. The number of anilines is 2. The molecule has 7 nitrogen and oxygen atoms in total. The largest absolute Gasteiger partial charge is 0.491 e. The lowest BCUT2D eigenvalue weighted by Gasteiger charge is -2.34. The molecule has 0 spiro atoms. The zero-order chi connectivity index (χ0) is 19.6. The standard InChI is InChI=1S/C20H30N6O.H2/c1-5-25-8-10-26(11-9-25)19-13-18(24(4)23-19)20(22)16-12-15(27-14(2)3)6-7-17(16)21;/h6-7,12-14,22H,5,8-11,21H2,1-4H3;1H. The van der Waals surface area contributed by atoms with E-state index in [-0.39, 0.29) is 7.53 Å². The second kappa shape index (κ2) is 8.00. The van der Waals surface area contributed by atoms with Crippen LogP contribution in [0.2, 0.25) is 0 Å². The molecule has 1 aliphatic rings. The normalized spacial score (nSPS) is 15.4. The minimum atomic E-state index is 0. The highest BCUT2D eigenvalue weighted by atomic mass is 16.5. The molecule has 1 aromatic heterocycles. The van der Waals surface area contributed by atoms with Crippen LogP contribution in [0.25, 0.3) is 0 Å². The van der Waals surface area contributed by atoms with Gasteiger partial charge in [-0.25, -0.2) is 0 Å². The maximum absolute atomic E-state index is 8.70. The van der Waals surface area contributed by atoms with Gasteiger partial charge in [0, 0.05) is 52.0 Å². The highest BCUT2D eigenvalue weighted by Crippen LogP contribution is 2.25. The molecule has 27 heavy (non-hydrogen) atoms. The molecular formula is C20H32N6O. The van der Waals surface area contributed by atoms with Gasteiger partial charge in [-0.05, 0) is 38.6 Å². The molecule has 3 N–H and O–H groups in total. The van der Waals surface area contributed by atoms with Gasteiger partial charge in [-0.2, -0.15) is 5.10 Å². The van der Waals surface area contributed by atoms with Crippen molar-refractivity contribution in [2.24, 2.45) is 7.05 Å². The van der Waals surface area contributed by atoms with Gasteiger partial charge >= 0.3 is 0 Å². The van der Waals surface area contributed by atoms with Crippen LogP contribution < -0.4 is 15.4 Å². The van der Waals surface area contributed by atoms with Crippen molar-refractivity contribution >= 4 is 17.2 Å². The number of aryl methyl sites for hydroxylation is 1. The monoisotopic (exact) mass is 372 g/mol. The molecule has 7 heteroatoms. The fourth-order valence-electron chi connectivity index (χ4n) is 3.37. The van der Waals surface area contributed by atoms with Crippen LogP contribution in [0.3, 0.4) is 0 Å². The summed E-state index contributed by atoms with van der Waals surface area (Å²) < 4.78 is 7.52. The summed E-state index contributed by atoms with van der Waals surface area (Å²) in [4.78, 5) is 4.72. The summed E-state index contributed by atoms with van der Waals surface area (Å²) in [6.07, 6.45) is 0.0701. The van der Waals surface area contributed by atoms with Gasteiger partial charge in [-0.1, -0.05) is 6.92 Å². The molecule has 0 unspecified atom stereocenters. The van der Waals surface area contributed by atoms with E-state index in [2.05, 4.69) is 21.8 Å². The second-order valence-electron chi connectivity index (χ2n) is 7.22. The van der Waals surface area contributed by atoms with Crippen molar-refractivity contribution in [2.75, 3.05) is 43.4 Å². The molecule has 0 amide bonds. The van der Waals surface area contributed by atoms with E-state index in [9.17, 15) is 0 Å². The van der Waals surface area contributed by atoms with Crippen LogP contribution in [-0.2, 0) is 7.05 Å². The van der Waals surface area contributed by atoms with Crippen molar-refractivity contribution in [3.8, 4) is 5.75 Å². The third-order valence-corrected chi connectivity index (χ3v) is 4.93. The fraction of sp³-hybridized carbons (Fsp3) is 0.500. The van der Waals surface area contributed by atoms with Crippen molar-refractivity contribution in [3.05, 3.63) is 35.5 Å². The Morgan fingerprint density at radius 1 is 1.26 bits per heavy atom. The number of aromatic nitrogens is 2. The minimum Gasteiger partial charge on any atom is -0.491 e. The van der Waals surface area contributed by atoms with Crippen molar-refractivity contribution in [2.45, 2.75) is 26.9 Å². The fourth-order valence-corrected chi connectivity index (χ4v) is 3.37. The lowest BCUT2D eigenvalue weighted by atomic mass is 10.0. The third kappa shape index (κ3) is 4.24. The number of nitrogens with two attached hydrogens (primary N) is 1. The number of likely N-dealkylation sites (N-methyl/N-ethyl adjacent to an activating group) is 1. The van der Waals surface area contributed by atoms with Gasteiger partial charge in [0.2, 0.25) is 0 Å². The van der Waals surface area contributed by atoms with Crippen molar-refractivity contribution in [3.63, 3.8) is 0 Å². The lowest BCUT2D eigenvalue weighted by molar-refractivity contribution is 0.242. The smallest absolute Gasteiger partial charge is 0.151 e. The molecule has 2 heterocycles. The number of nitrogens with zero attached hydrogens (tertiary/aromatic N) is 4. The molecule has 3 rings (SSSR count). The average molecular weight is 373 g/mol. The first kappa shape index (κ1) is 19.2. The van der Waals surface area contributed by atoms with Crippen molar-refractivity contribution in [1.29, 1.82) is 5.41 Å². The van der Waals surface area contributed by atoms with Gasteiger partial charge < -0.3 is 20.3 Å². The third-order valence-electron chi connectivity index (χ3n) is 4.93. The van der Waals surface area contributed by atoms with E-state index >= 15 is 0 Å². The number of piperazine rings is 1. The number of rotatable bonds is 6. The van der Waals surface area contributed by atoms with Crippen LogP contribution in [0.5, 0.6) is 5.75 Å². The first-order valence-electron chi connectivity index (χ1n) is 9.55. The maximum Gasteiger partial charge on any atom is 0.151 e. The van der Waals surface area contributed by atoms with Crippen LogP contribution in [0.1, 0.15) is 33.5 Å². The summed E-state index contributed by atoms with van der Waals surface area (Å²) in [5.41, 5.74) is 8.48. The van der Waals surface area contributed by atoms with Crippen molar-refractivity contribution < 1.29 is 6.16 Å². The van der Waals surface area contributed by atoms with Gasteiger partial charge in [-0.15, -0.1) is 0 Å². The van der Waals surface area contributed by atoms with Crippen LogP contribution in [0.15, 0.2) is 24.3 Å². The predicted molar refractivity (Wildman–Crippen MR) is 112 cm³/mol. The molecule has 1 aromatic carbocycles. The van der Waals surface area contributed by atoms with E-state index in [1.807, 2.05) is 39.1 Å². The second-order valence-corrected chi connectivity index (χ2v) is 7.22. The van der Waals surface area contributed by atoms with E-state index in [4.69, 9.17) is 15.9 Å². The van der Waals surface area contributed by atoms with Crippen LogP contribution in [0.4, 0.5) is 11.5 Å². The Morgan fingerprint density at radius 2 is 1.96 bits per heavy atom.